The molecule has 3 heterocycles. The Balaban J connectivity index is 1.44. The van der Waals surface area contributed by atoms with E-state index in [1.165, 1.54) is 23.1 Å². The topological polar surface area (TPSA) is 138 Å². The predicted molar refractivity (Wildman–Crippen MR) is 156 cm³/mol. The molecular weight excluding hydrogens is 544 g/mol. The number of nitriles is 1. The van der Waals surface area contributed by atoms with E-state index in [1.807, 2.05) is 58.9 Å². The van der Waals surface area contributed by atoms with Crippen molar-refractivity contribution >= 4 is 45.6 Å². The number of ketones is 1. The Morgan fingerprint density at radius 3 is 2.67 bits per heavy atom. The molecule has 1 aliphatic carbocycles. The Bertz CT molecular complexity index is 1620. The van der Waals surface area contributed by atoms with Crippen LogP contribution in [-0.4, -0.2) is 27.6 Å². The van der Waals surface area contributed by atoms with Gasteiger partial charge < -0.3 is 15.5 Å². The Kier molecular flexibility index (Phi) is 7.33. The number of nitrogens with one attached hydrogen (secondary N) is 1. The number of thioether (sulfide) groups is 1. The van der Waals surface area contributed by atoms with E-state index in [0.717, 1.165) is 16.8 Å². The molecule has 1 aliphatic heterocycles. The van der Waals surface area contributed by atoms with Crippen LogP contribution in [0.1, 0.15) is 55.3 Å². The third-order valence-corrected chi connectivity index (χ3v) is 9.17. The van der Waals surface area contributed by atoms with Crippen LogP contribution in [0.2, 0.25) is 0 Å². The number of rotatable bonds is 6. The van der Waals surface area contributed by atoms with Crippen LogP contribution < -0.4 is 16.0 Å². The molecule has 3 aromatic rings. The molecule has 11 heteroatoms. The van der Waals surface area contributed by atoms with Gasteiger partial charge in [0.25, 0.3) is 0 Å². The molecule has 206 valence electrons. The van der Waals surface area contributed by atoms with Crippen LogP contribution in [0, 0.1) is 37.5 Å². The summed E-state index contributed by atoms with van der Waals surface area (Å²) in [4.78, 5) is 27.9. The molecule has 1 atom stereocenters. The SMILES string of the molecule is Cc1ccc(C2C(C#N)=C(N)N(c3nnc(SCC(=O)Nc4ccc(C)c(C)c4)s3)C3=C2C(=O)CC(C)(C)C3)o1. The molecule has 1 unspecified atom stereocenters. The second kappa shape index (κ2) is 10.6. The smallest absolute Gasteiger partial charge is 0.234 e. The van der Waals surface area contributed by atoms with Gasteiger partial charge in [-0.1, -0.05) is 43.0 Å². The minimum atomic E-state index is -0.676. The first-order chi connectivity index (χ1) is 19.0. The molecular formula is C29H30N6O3S2. The van der Waals surface area contributed by atoms with Crippen LogP contribution >= 0.6 is 23.1 Å². The average molecular weight is 575 g/mol. The van der Waals surface area contributed by atoms with Crippen molar-refractivity contribution in [2.75, 3.05) is 16.0 Å². The highest BCUT2D eigenvalue weighted by atomic mass is 32.2. The van der Waals surface area contributed by atoms with E-state index >= 15 is 0 Å². The fourth-order valence-corrected chi connectivity index (χ4v) is 6.80. The summed E-state index contributed by atoms with van der Waals surface area (Å²) in [5.41, 5.74) is 10.8. The average Bonchev–Trinajstić information content (AvgIpc) is 3.52. The maximum atomic E-state index is 13.6. The minimum Gasteiger partial charge on any atom is -0.465 e. The molecule has 0 radical (unpaired) electrons. The summed E-state index contributed by atoms with van der Waals surface area (Å²) in [6.45, 7) is 9.92. The molecule has 0 saturated heterocycles. The van der Waals surface area contributed by atoms with Crippen LogP contribution in [-0.2, 0) is 9.59 Å². The molecule has 0 bridgehead atoms. The lowest BCUT2D eigenvalue weighted by molar-refractivity contribution is -0.118. The van der Waals surface area contributed by atoms with Gasteiger partial charge in [0.05, 0.1) is 23.3 Å². The molecule has 0 saturated carbocycles. The van der Waals surface area contributed by atoms with Crippen molar-refractivity contribution in [2.45, 2.75) is 57.7 Å². The van der Waals surface area contributed by atoms with Gasteiger partial charge in [-0.3, -0.25) is 14.5 Å². The first kappa shape index (κ1) is 27.7. The van der Waals surface area contributed by atoms with Crippen LogP contribution in [0.3, 0.4) is 0 Å². The molecule has 2 aliphatic rings. The monoisotopic (exact) mass is 574 g/mol. The number of anilines is 2. The highest BCUT2D eigenvalue weighted by Gasteiger charge is 2.46. The van der Waals surface area contributed by atoms with Gasteiger partial charge in [0.1, 0.15) is 17.3 Å². The molecule has 0 fully saturated rings. The van der Waals surface area contributed by atoms with Crippen LogP contribution in [0.15, 0.2) is 61.8 Å². The minimum absolute atomic E-state index is 0.0438. The van der Waals surface area contributed by atoms with Gasteiger partial charge in [-0.2, -0.15) is 5.26 Å². The zero-order valence-corrected chi connectivity index (χ0v) is 24.6. The van der Waals surface area contributed by atoms with Gasteiger partial charge in [0.15, 0.2) is 10.1 Å². The molecule has 3 N–H and O–H groups in total. The van der Waals surface area contributed by atoms with Crippen molar-refractivity contribution in [3.05, 3.63) is 75.6 Å². The van der Waals surface area contributed by atoms with Crippen molar-refractivity contribution in [3.63, 3.8) is 0 Å². The summed E-state index contributed by atoms with van der Waals surface area (Å²) < 4.78 is 6.47. The highest BCUT2D eigenvalue weighted by Crippen LogP contribution is 2.51. The number of aromatic nitrogens is 2. The second-order valence-corrected chi connectivity index (χ2v) is 13.1. The van der Waals surface area contributed by atoms with E-state index in [-0.39, 0.29) is 34.3 Å². The molecule has 9 nitrogen and oxygen atoms in total. The van der Waals surface area contributed by atoms with Crippen molar-refractivity contribution in [2.24, 2.45) is 11.1 Å². The molecule has 1 amide bonds. The van der Waals surface area contributed by atoms with Gasteiger partial charge in [-0.05, 0) is 68.0 Å². The molecule has 0 spiro atoms. The normalized spacial score (nSPS) is 18.6. The van der Waals surface area contributed by atoms with E-state index in [9.17, 15) is 14.9 Å². The van der Waals surface area contributed by atoms with Gasteiger partial charge in [-0.15, -0.1) is 10.2 Å². The summed E-state index contributed by atoms with van der Waals surface area (Å²) in [6, 6.07) is 11.6. The summed E-state index contributed by atoms with van der Waals surface area (Å²) in [5, 5.41) is 22.2. The number of furan rings is 1. The lowest BCUT2D eigenvalue weighted by Crippen LogP contribution is -2.42. The number of amides is 1. The number of carbonyl (C=O) groups is 2. The van der Waals surface area contributed by atoms with Crippen LogP contribution in [0.25, 0.3) is 0 Å². The number of hydrogen-bond acceptors (Lipinski definition) is 10. The highest BCUT2D eigenvalue weighted by molar-refractivity contribution is 8.01. The predicted octanol–water partition coefficient (Wildman–Crippen LogP) is 5.73. The third-order valence-electron chi connectivity index (χ3n) is 7.13. The maximum absolute atomic E-state index is 13.6. The van der Waals surface area contributed by atoms with Gasteiger partial charge in [-0.25, -0.2) is 0 Å². The Morgan fingerprint density at radius 2 is 2.00 bits per heavy atom. The number of nitrogens with zero attached hydrogens (tertiary/aromatic N) is 4. The molecule has 2 aromatic heterocycles. The summed E-state index contributed by atoms with van der Waals surface area (Å²) in [7, 11) is 0. The van der Waals surface area contributed by atoms with Crippen molar-refractivity contribution in [1.82, 2.24) is 10.2 Å². The Hall–Kier alpha value is -3.88. The lowest BCUT2D eigenvalue weighted by Gasteiger charge is -2.42. The molecule has 1 aromatic carbocycles. The maximum Gasteiger partial charge on any atom is 0.234 e. The largest absolute Gasteiger partial charge is 0.465 e. The number of hydrogen-bond donors (Lipinski definition) is 2. The molecule has 40 heavy (non-hydrogen) atoms. The van der Waals surface area contributed by atoms with E-state index in [0.29, 0.717) is 45.1 Å². The van der Waals surface area contributed by atoms with Crippen LogP contribution in [0.5, 0.6) is 0 Å². The number of Topliss-reactive ketones (excluding diaryl/α,β-unsaturated/α-hetero) is 1. The number of nitrogens with two attached hydrogens (primary N) is 1. The van der Waals surface area contributed by atoms with E-state index < -0.39 is 5.92 Å². The zero-order chi connectivity index (χ0) is 28.8. The number of carbonyl (C=O) groups excluding carboxylic acids is 2. The zero-order valence-electron chi connectivity index (χ0n) is 23.0. The number of allylic oxidation sites excluding steroid dienone is 3. The standard InChI is InChI=1S/C29H30N6O3S2/c1-15-6-8-18(10-16(15)2)32-23(37)14-39-28-34-33-27(40-28)35-20-11-29(4,5)12-21(36)25(20)24(19(13-30)26(35)31)22-9-7-17(3)38-22/h6-10,24H,11-12,14,31H2,1-5H3,(H,32,37). The summed E-state index contributed by atoms with van der Waals surface area (Å²) in [6.07, 6.45) is 0.908. The summed E-state index contributed by atoms with van der Waals surface area (Å²) in [5.74, 6) is 0.672. The van der Waals surface area contributed by atoms with E-state index in [4.69, 9.17) is 10.2 Å². The number of aryl methyl sites for hydroxylation is 3. The first-order valence-electron chi connectivity index (χ1n) is 12.8. The number of benzene rings is 1. The van der Waals surface area contributed by atoms with Gasteiger partial charge in [0.2, 0.25) is 11.0 Å². The van der Waals surface area contributed by atoms with E-state index in [2.05, 4.69) is 21.6 Å². The van der Waals surface area contributed by atoms with Crippen molar-refractivity contribution in [3.8, 4) is 6.07 Å². The Labute approximate surface area is 241 Å². The quantitative estimate of drug-likeness (QED) is 0.354. The van der Waals surface area contributed by atoms with Crippen LogP contribution in [0.4, 0.5) is 10.8 Å². The van der Waals surface area contributed by atoms with Crippen molar-refractivity contribution in [1.29, 1.82) is 5.26 Å². The summed E-state index contributed by atoms with van der Waals surface area (Å²) >= 11 is 2.52. The van der Waals surface area contributed by atoms with Gasteiger partial charge in [0, 0.05) is 23.4 Å². The van der Waals surface area contributed by atoms with Gasteiger partial charge >= 0.3 is 0 Å². The lowest BCUT2D eigenvalue weighted by atomic mass is 9.69. The Morgan fingerprint density at radius 1 is 1.23 bits per heavy atom. The fraction of sp³-hybridized carbons (Fsp3) is 0.345. The fourth-order valence-electron chi connectivity index (χ4n) is 5.12. The second-order valence-electron chi connectivity index (χ2n) is 10.9. The molecule has 5 rings (SSSR count). The first-order valence-corrected chi connectivity index (χ1v) is 14.6. The van der Waals surface area contributed by atoms with E-state index in [1.54, 1.807) is 11.0 Å². The van der Waals surface area contributed by atoms with Crippen molar-refractivity contribution < 1.29 is 14.0 Å². The third kappa shape index (κ3) is 5.29.